The first-order valence-electron chi connectivity index (χ1n) is 6.98. The molecule has 0 saturated carbocycles. The van der Waals surface area contributed by atoms with Gasteiger partial charge in [-0.2, -0.15) is 0 Å². The number of hydrogen-bond donors (Lipinski definition) is 3. The van der Waals surface area contributed by atoms with E-state index in [9.17, 15) is 4.79 Å². The lowest BCUT2D eigenvalue weighted by molar-refractivity contribution is -0.121. The zero-order valence-corrected chi connectivity index (χ0v) is 11.6. The van der Waals surface area contributed by atoms with Gasteiger partial charge < -0.3 is 5.32 Å². The average molecular weight is 261 g/mol. The molecule has 3 N–H and O–H groups in total. The molecule has 2 atom stereocenters. The summed E-state index contributed by atoms with van der Waals surface area (Å²) in [7, 11) is 0. The van der Waals surface area contributed by atoms with Gasteiger partial charge in [0.1, 0.15) is 0 Å². The van der Waals surface area contributed by atoms with E-state index < -0.39 is 0 Å². The Morgan fingerprint density at radius 1 is 1.16 bits per heavy atom. The number of benzene rings is 1. The lowest BCUT2D eigenvalue weighted by Crippen LogP contribution is -2.37. The summed E-state index contributed by atoms with van der Waals surface area (Å²) in [6.07, 6.45) is 1.36. The molecule has 1 aromatic rings. The van der Waals surface area contributed by atoms with Crippen molar-refractivity contribution in [2.45, 2.75) is 38.8 Å². The lowest BCUT2D eigenvalue weighted by Gasteiger charge is -2.18. The van der Waals surface area contributed by atoms with Gasteiger partial charge in [-0.15, -0.1) is 0 Å². The Bertz CT molecular complexity index is 397. The van der Waals surface area contributed by atoms with Crippen LogP contribution in [0.5, 0.6) is 0 Å². The van der Waals surface area contributed by atoms with Crippen molar-refractivity contribution in [3.05, 3.63) is 35.9 Å². The third kappa shape index (κ3) is 4.04. The van der Waals surface area contributed by atoms with Gasteiger partial charge in [0.15, 0.2) is 0 Å². The molecule has 1 saturated heterocycles. The maximum atomic E-state index is 11.8. The third-order valence-electron chi connectivity index (χ3n) is 3.84. The smallest absolute Gasteiger partial charge is 0.220 e. The van der Waals surface area contributed by atoms with Gasteiger partial charge in [0.05, 0.1) is 0 Å². The van der Waals surface area contributed by atoms with Gasteiger partial charge in [0.25, 0.3) is 0 Å². The third-order valence-corrected chi connectivity index (χ3v) is 3.84. The van der Waals surface area contributed by atoms with Crippen LogP contribution in [0.25, 0.3) is 0 Å². The first-order chi connectivity index (χ1) is 9.16. The van der Waals surface area contributed by atoms with Crippen molar-refractivity contribution < 1.29 is 4.79 Å². The highest BCUT2D eigenvalue weighted by Gasteiger charge is 2.29. The number of aryl methyl sites for hydroxylation is 1. The monoisotopic (exact) mass is 261 g/mol. The second-order valence-corrected chi connectivity index (χ2v) is 5.32. The van der Waals surface area contributed by atoms with E-state index in [1.165, 1.54) is 5.56 Å². The van der Waals surface area contributed by atoms with Crippen molar-refractivity contribution in [2.75, 3.05) is 6.54 Å². The van der Waals surface area contributed by atoms with E-state index in [0.717, 1.165) is 13.0 Å². The van der Waals surface area contributed by atoms with E-state index in [2.05, 4.69) is 42.1 Å². The van der Waals surface area contributed by atoms with Crippen LogP contribution in [0.2, 0.25) is 0 Å². The summed E-state index contributed by atoms with van der Waals surface area (Å²) in [5, 5.41) is 3.04. The standard InChI is InChI=1S/C15H23N3O/c1-11-14(12(2)18-17-11)10-16-15(19)9-8-13-6-4-3-5-7-13/h3-7,11-12,14,17-18H,8-10H2,1-2H3,(H,16,19). The number of amides is 1. The molecule has 1 aromatic carbocycles. The van der Waals surface area contributed by atoms with Gasteiger partial charge in [-0.1, -0.05) is 30.3 Å². The second-order valence-electron chi connectivity index (χ2n) is 5.32. The van der Waals surface area contributed by atoms with Gasteiger partial charge in [-0.05, 0) is 25.8 Å². The van der Waals surface area contributed by atoms with E-state index in [0.29, 0.717) is 24.4 Å². The molecule has 104 valence electrons. The summed E-state index contributed by atoms with van der Waals surface area (Å²) in [5.74, 6) is 0.579. The fraction of sp³-hybridized carbons (Fsp3) is 0.533. The summed E-state index contributed by atoms with van der Waals surface area (Å²) < 4.78 is 0. The van der Waals surface area contributed by atoms with Crippen LogP contribution in [0.15, 0.2) is 30.3 Å². The summed E-state index contributed by atoms with van der Waals surface area (Å²) in [6, 6.07) is 10.9. The highest BCUT2D eigenvalue weighted by atomic mass is 16.1. The number of carbonyl (C=O) groups is 1. The van der Waals surface area contributed by atoms with Crippen LogP contribution in [-0.4, -0.2) is 24.5 Å². The highest BCUT2D eigenvalue weighted by molar-refractivity contribution is 5.76. The zero-order chi connectivity index (χ0) is 13.7. The number of nitrogens with one attached hydrogen (secondary N) is 3. The average Bonchev–Trinajstić information content (AvgIpc) is 2.75. The molecule has 19 heavy (non-hydrogen) atoms. The Labute approximate surface area is 114 Å². The summed E-state index contributed by atoms with van der Waals surface area (Å²) in [4.78, 5) is 11.8. The Kier molecular flexibility index (Phi) is 4.93. The lowest BCUT2D eigenvalue weighted by atomic mass is 9.96. The Morgan fingerprint density at radius 2 is 1.79 bits per heavy atom. The number of hydrogen-bond acceptors (Lipinski definition) is 3. The van der Waals surface area contributed by atoms with Crippen LogP contribution in [0.3, 0.4) is 0 Å². The Morgan fingerprint density at radius 3 is 2.42 bits per heavy atom. The van der Waals surface area contributed by atoms with Crippen molar-refractivity contribution in [3.8, 4) is 0 Å². The molecular formula is C15H23N3O. The highest BCUT2D eigenvalue weighted by Crippen LogP contribution is 2.13. The largest absolute Gasteiger partial charge is 0.356 e. The van der Waals surface area contributed by atoms with E-state index in [1.54, 1.807) is 0 Å². The SMILES string of the molecule is CC1NNC(C)C1CNC(=O)CCc1ccccc1. The molecule has 0 aliphatic carbocycles. The molecule has 0 bridgehead atoms. The molecule has 1 aliphatic rings. The van der Waals surface area contributed by atoms with Gasteiger partial charge >= 0.3 is 0 Å². The van der Waals surface area contributed by atoms with E-state index in [-0.39, 0.29) is 5.91 Å². The zero-order valence-electron chi connectivity index (χ0n) is 11.6. The van der Waals surface area contributed by atoms with Crippen molar-refractivity contribution in [2.24, 2.45) is 5.92 Å². The summed E-state index contributed by atoms with van der Waals surface area (Å²) in [5.41, 5.74) is 7.61. The summed E-state index contributed by atoms with van der Waals surface area (Å²) >= 11 is 0. The van der Waals surface area contributed by atoms with E-state index in [4.69, 9.17) is 0 Å². The van der Waals surface area contributed by atoms with Crippen LogP contribution in [0.4, 0.5) is 0 Å². The quantitative estimate of drug-likeness (QED) is 0.747. The molecule has 1 heterocycles. The molecule has 0 radical (unpaired) electrons. The molecule has 1 amide bonds. The maximum Gasteiger partial charge on any atom is 0.220 e. The van der Waals surface area contributed by atoms with Crippen LogP contribution >= 0.6 is 0 Å². The molecule has 0 spiro atoms. The number of hydrazine groups is 1. The van der Waals surface area contributed by atoms with E-state index in [1.807, 2.05) is 18.2 Å². The molecular weight excluding hydrogens is 238 g/mol. The maximum absolute atomic E-state index is 11.8. The Balaban J connectivity index is 1.70. The fourth-order valence-corrected chi connectivity index (χ4v) is 2.49. The van der Waals surface area contributed by atoms with Crippen molar-refractivity contribution >= 4 is 5.91 Å². The van der Waals surface area contributed by atoms with Gasteiger partial charge in [-0.25, -0.2) is 0 Å². The predicted octanol–water partition coefficient (Wildman–Crippen LogP) is 1.24. The van der Waals surface area contributed by atoms with Gasteiger partial charge in [-0.3, -0.25) is 15.6 Å². The topological polar surface area (TPSA) is 53.2 Å². The second kappa shape index (κ2) is 6.68. The fourth-order valence-electron chi connectivity index (χ4n) is 2.49. The van der Waals surface area contributed by atoms with Gasteiger partial charge in [0, 0.05) is 31.0 Å². The molecule has 4 heteroatoms. The molecule has 0 aromatic heterocycles. The van der Waals surface area contributed by atoms with E-state index >= 15 is 0 Å². The first kappa shape index (κ1) is 14.0. The normalized spacial score (nSPS) is 26.3. The molecule has 1 fully saturated rings. The Hall–Kier alpha value is -1.39. The first-order valence-corrected chi connectivity index (χ1v) is 6.98. The van der Waals surface area contributed by atoms with Gasteiger partial charge in [0.2, 0.25) is 5.91 Å². The van der Waals surface area contributed by atoms with Crippen LogP contribution < -0.4 is 16.2 Å². The van der Waals surface area contributed by atoms with Crippen LogP contribution in [-0.2, 0) is 11.2 Å². The molecule has 2 unspecified atom stereocenters. The van der Waals surface area contributed by atoms with Crippen LogP contribution in [0, 0.1) is 5.92 Å². The minimum absolute atomic E-state index is 0.134. The summed E-state index contributed by atoms with van der Waals surface area (Å²) in [6.45, 7) is 5.00. The number of carbonyl (C=O) groups excluding carboxylic acids is 1. The molecule has 4 nitrogen and oxygen atoms in total. The number of rotatable bonds is 5. The molecule has 2 rings (SSSR count). The predicted molar refractivity (Wildman–Crippen MR) is 76.5 cm³/mol. The van der Waals surface area contributed by atoms with Crippen molar-refractivity contribution in [1.29, 1.82) is 0 Å². The van der Waals surface area contributed by atoms with Crippen molar-refractivity contribution in [1.82, 2.24) is 16.2 Å². The minimum atomic E-state index is 0.134. The van der Waals surface area contributed by atoms with Crippen LogP contribution in [0.1, 0.15) is 25.8 Å². The molecule has 1 aliphatic heterocycles. The minimum Gasteiger partial charge on any atom is -0.356 e. The van der Waals surface area contributed by atoms with Crippen molar-refractivity contribution in [3.63, 3.8) is 0 Å².